The monoisotopic (exact) mass is 229 g/mol. The molecule has 0 aliphatic heterocycles. The Balaban J connectivity index is 2.77. The van der Waals surface area contributed by atoms with Crippen LogP contribution in [0.15, 0.2) is 18.2 Å². The van der Waals surface area contributed by atoms with Crippen LogP contribution in [-0.4, -0.2) is 11.8 Å². The number of rotatable bonds is 4. The van der Waals surface area contributed by atoms with E-state index >= 15 is 0 Å². The van der Waals surface area contributed by atoms with Gasteiger partial charge in [-0.1, -0.05) is 11.6 Å². The second-order valence-electron chi connectivity index (χ2n) is 3.56. The average molecular weight is 230 g/mol. The fraction of sp³-hybridized carbons (Fsp3) is 0.364. The molecule has 1 aromatic carbocycles. The van der Waals surface area contributed by atoms with Crippen molar-refractivity contribution in [2.24, 2.45) is 5.73 Å². The molecule has 1 atom stereocenters. The summed E-state index contributed by atoms with van der Waals surface area (Å²) >= 11 is 5.79. The lowest BCUT2D eigenvalue weighted by molar-refractivity contribution is 0.0977. The molecule has 2 N–H and O–H groups in total. The Morgan fingerprint density at radius 3 is 2.87 bits per heavy atom. The number of benzene rings is 1. The molecule has 0 heterocycles. The van der Waals surface area contributed by atoms with Gasteiger partial charge in [0.05, 0.1) is 5.02 Å². The molecule has 1 rings (SSSR count). The molecule has 0 bridgehead atoms. The van der Waals surface area contributed by atoms with E-state index in [1.54, 1.807) is 0 Å². The summed E-state index contributed by atoms with van der Waals surface area (Å²) in [5, 5.41) is 0.283. The van der Waals surface area contributed by atoms with E-state index in [2.05, 4.69) is 0 Å². The summed E-state index contributed by atoms with van der Waals surface area (Å²) in [4.78, 5) is 11.6. The van der Waals surface area contributed by atoms with E-state index < -0.39 is 5.82 Å². The molecule has 0 spiro atoms. The Bertz CT molecular complexity index is 366. The van der Waals surface area contributed by atoms with Gasteiger partial charge < -0.3 is 5.73 Å². The fourth-order valence-electron chi connectivity index (χ4n) is 1.20. The molecule has 1 aromatic rings. The zero-order valence-corrected chi connectivity index (χ0v) is 9.22. The fourth-order valence-corrected chi connectivity index (χ4v) is 1.43. The van der Waals surface area contributed by atoms with E-state index in [1.165, 1.54) is 12.1 Å². The number of halogens is 2. The number of hydrogen-bond donors (Lipinski definition) is 1. The van der Waals surface area contributed by atoms with Gasteiger partial charge in [0.25, 0.3) is 0 Å². The van der Waals surface area contributed by atoms with Gasteiger partial charge in [0.15, 0.2) is 5.78 Å². The third kappa shape index (κ3) is 3.61. The van der Waals surface area contributed by atoms with Gasteiger partial charge in [0, 0.05) is 18.0 Å². The highest BCUT2D eigenvalue weighted by Crippen LogP contribution is 2.19. The van der Waals surface area contributed by atoms with E-state index in [-0.39, 0.29) is 22.4 Å². The summed E-state index contributed by atoms with van der Waals surface area (Å²) in [5.74, 6) is -0.625. The lowest BCUT2D eigenvalue weighted by atomic mass is 10.0. The first kappa shape index (κ1) is 12.1. The minimum atomic E-state index is -0.455. The molecule has 0 aliphatic carbocycles. The van der Waals surface area contributed by atoms with Crippen LogP contribution in [0.4, 0.5) is 4.39 Å². The molecule has 15 heavy (non-hydrogen) atoms. The molecular weight excluding hydrogens is 217 g/mol. The summed E-state index contributed by atoms with van der Waals surface area (Å²) < 4.78 is 12.9. The van der Waals surface area contributed by atoms with Crippen molar-refractivity contribution in [1.82, 2.24) is 0 Å². The van der Waals surface area contributed by atoms with E-state index in [0.29, 0.717) is 12.8 Å². The van der Waals surface area contributed by atoms with Crippen LogP contribution in [0.1, 0.15) is 30.1 Å². The highest BCUT2D eigenvalue weighted by atomic mass is 35.5. The normalized spacial score (nSPS) is 12.5. The summed E-state index contributed by atoms with van der Waals surface area (Å²) in [6.45, 7) is 1.82. The van der Waals surface area contributed by atoms with E-state index in [4.69, 9.17) is 17.3 Å². The number of carbonyl (C=O) groups excluding carboxylic acids is 1. The van der Waals surface area contributed by atoms with Crippen LogP contribution in [0.25, 0.3) is 0 Å². The standard InChI is InChI=1S/C11H13ClFNO/c1-7(14)2-5-11(15)9-6-8(13)3-4-10(9)12/h3-4,6-7H,2,5,14H2,1H3. The second-order valence-corrected chi connectivity index (χ2v) is 3.97. The Hall–Kier alpha value is -0.930. The largest absolute Gasteiger partial charge is 0.328 e. The lowest BCUT2D eigenvalue weighted by Crippen LogP contribution is -2.16. The molecule has 0 aromatic heterocycles. The predicted molar refractivity (Wildman–Crippen MR) is 58.6 cm³/mol. The molecule has 0 saturated carbocycles. The highest BCUT2D eigenvalue weighted by Gasteiger charge is 2.11. The van der Waals surface area contributed by atoms with Crippen molar-refractivity contribution in [3.05, 3.63) is 34.6 Å². The molecule has 0 aliphatic rings. The van der Waals surface area contributed by atoms with Crippen molar-refractivity contribution in [2.45, 2.75) is 25.8 Å². The van der Waals surface area contributed by atoms with Crippen LogP contribution < -0.4 is 5.73 Å². The maximum atomic E-state index is 12.9. The number of Topliss-reactive ketones (excluding diaryl/α,β-unsaturated/α-hetero) is 1. The Morgan fingerprint density at radius 2 is 2.27 bits per heavy atom. The van der Waals surface area contributed by atoms with E-state index in [0.717, 1.165) is 6.07 Å². The van der Waals surface area contributed by atoms with Crippen molar-refractivity contribution in [3.8, 4) is 0 Å². The van der Waals surface area contributed by atoms with Gasteiger partial charge in [0.1, 0.15) is 5.82 Å². The molecule has 1 unspecified atom stereocenters. The van der Waals surface area contributed by atoms with Gasteiger partial charge in [0.2, 0.25) is 0 Å². The highest BCUT2D eigenvalue weighted by molar-refractivity contribution is 6.33. The summed E-state index contributed by atoms with van der Waals surface area (Å²) in [6.07, 6.45) is 0.868. The molecule has 0 saturated heterocycles. The average Bonchev–Trinajstić information content (AvgIpc) is 2.18. The predicted octanol–water partition coefficient (Wildman–Crippen LogP) is 2.79. The van der Waals surface area contributed by atoms with Gasteiger partial charge in [-0.15, -0.1) is 0 Å². The number of carbonyl (C=O) groups is 1. The molecule has 4 heteroatoms. The molecule has 0 radical (unpaired) electrons. The Labute approximate surface area is 93.2 Å². The molecule has 2 nitrogen and oxygen atoms in total. The van der Waals surface area contributed by atoms with E-state index in [1.807, 2.05) is 6.92 Å². The van der Waals surface area contributed by atoms with Crippen LogP contribution in [0.3, 0.4) is 0 Å². The van der Waals surface area contributed by atoms with Crippen molar-refractivity contribution >= 4 is 17.4 Å². The van der Waals surface area contributed by atoms with Gasteiger partial charge in [-0.3, -0.25) is 4.79 Å². The lowest BCUT2D eigenvalue weighted by Gasteiger charge is -2.05. The van der Waals surface area contributed by atoms with Crippen LogP contribution in [0.5, 0.6) is 0 Å². The number of nitrogens with two attached hydrogens (primary N) is 1. The van der Waals surface area contributed by atoms with Crippen molar-refractivity contribution in [2.75, 3.05) is 0 Å². The van der Waals surface area contributed by atoms with Gasteiger partial charge in [-0.2, -0.15) is 0 Å². The smallest absolute Gasteiger partial charge is 0.164 e. The zero-order valence-electron chi connectivity index (χ0n) is 8.47. The summed E-state index contributed by atoms with van der Waals surface area (Å²) in [7, 11) is 0. The van der Waals surface area contributed by atoms with Gasteiger partial charge in [-0.05, 0) is 31.5 Å². The molecular formula is C11H13ClFNO. The summed E-state index contributed by atoms with van der Waals surface area (Å²) in [6, 6.07) is 3.73. The Kier molecular flexibility index (Phi) is 4.24. The second kappa shape index (κ2) is 5.24. The third-order valence-corrected chi connectivity index (χ3v) is 2.39. The molecule has 0 amide bonds. The summed E-state index contributed by atoms with van der Waals surface area (Å²) in [5.41, 5.74) is 5.76. The van der Waals surface area contributed by atoms with E-state index in [9.17, 15) is 9.18 Å². The maximum absolute atomic E-state index is 12.9. The third-order valence-electron chi connectivity index (χ3n) is 2.06. The van der Waals surface area contributed by atoms with Crippen molar-refractivity contribution in [3.63, 3.8) is 0 Å². The SMILES string of the molecule is CC(N)CCC(=O)c1cc(F)ccc1Cl. The van der Waals surface area contributed by atoms with Crippen LogP contribution >= 0.6 is 11.6 Å². The van der Waals surface area contributed by atoms with Crippen molar-refractivity contribution in [1.29, 1.82) is 0 Å². The first-order chi connectivity index (χ1) is 7.00. The Morgan fingerprint density at radius 1 is 1.60 bits per heavy atom. The van der Waals surface area contributed by atoms with Crippen LogP contribution in [-0.2, 0) is 0 Å². The van der Waals surface area contributed by atoms with Gasteiger partial charge in [-0.25, -0.2) is 4.39 Å². The van der Waals surface area contributed by atoms with Crippen LogP contribution in [0.2, 0.25) is 5.02 Å². The first-order valence-electron chi connectivity index (χ1n) is 4.74. The molecule has 82 valence electrons. The van der Waals surface area contributed by atoms with Crippen molar-refractivity contribution < 1.29 is 9.18 Å². The maximum Gasteiger partial charge on any atom is 0.164 e. The topological polar surface area (TPSA) is 43.1 Å². The number of ketones is 1. The van der Waals surface area contributed by atoms with Crippen LogP contribution in [0, 0.1) is 5.82 Å². The molecule has 0 fully saturated rings. The minimum absolute atomic E-state index is 0.0405. The zero-order chi connectivity index (χ0) is 11.4. The first-order valence-corrected chi connectivity index (χ1v) is 5.12. The number of hydrogen-bond acceptors (Lipinski definition) is 2. The van der Waals surface area contributed by atoms with Gasteiger partial charge >= 0.3 is 0 Å². The minimum Gasteiger partial charge on any atom is -0.328 e. The quantitative estimate of drug-likeness (QED) is 0.807.